The van der Waals surface area contributed by atoms with E-state index in [2.05, 4.69) is 31.2 Å². The van der Waals surface area contributed by atoms with Crippen LogP contribution in [0.3, 0.4) is 0 Å². The Morgan fingerprint density at radius 2 is 1.72 bits per heavy atom. The van der Waals surface area contributed by atoms with Gasteiger partial charge in [0.15, 0.2) is 3.95 Å². The van der Waals surface area contributed by atoms with E-state index in [1.165, 1.54) is 5.56 Å². The van der Waals surface area contributed by atoms with E-state index in [-0.39, 0.29) is 11.6 Å². The van der Waals surface area contributed by atoms with Gasteiger partial charge in [0, 0.05) is 6.04 Å². The summed E-state index contributed by atoms with van der Waals surface area (Å²) in [6.07, 6.45) is 0. The third-order valence-corrected chi connectivity index (χ3v) is 5.85. The molecular formula is C20H18N2OS2. The Labute approximate surface area is 154 Å². The lowest BCUT2D eigenvalue weighted by Gasteiger charge is -2.16. The first-order valence-corrected chi connectivity index (χ1v) is 9.47. The Balaban J connectivity index is 2.26. The highest BCUT2D eigenvalue weighted by Crippen LogP contribution is 2.34. The van der Waals surface area contributed by atoms with Crippen LogP contribution >= 0.6 is 23.6 Å². The Bertz CT molecular complexity index is 1210. The van der Waals surface area contributed by atoms with Gasteiger partial charge in [-0.15, -0.1) is 11.3 Å². The second-order valence-electron chi connectivity index (χ2n) is 6.51. The minimum absolute atomic E-state index is 0.0340. The number of rotatable bonds is 2. The van der Waals surface area contributed by atoms with Gasteiger partial charge in [0.1, 0.15) is 5.65 Å². The van der Waals surface area contributed by atoms with Gasteiger partial charge in [0.05, 0.1) is 15.8 Å². The molecule has 0 unspecified atom stereocenters. The molecule has 0 saturated heterocycles. The van der Waals surface area contributed by atoms with Crippen LogP contribution in [0.25, 0.3) is 27.0 Å². The molecule has 5 heteroatoms. The number of aryl methyl sites for hydroxylation is 1. The van der Waals surface area contributed by atoms with E-state index in [4.69, 9.17) is 12.2 Å². The Morgan fingerprint density at radius 3 is 2.40 bits per heavy atom. The molecule has 25 heavy (non-hydrogen) atoms. The monoisotopic (exact) mass is 366 g/mol. The molecule has 0 N–H and O–H groups in total. The fourth-order valence-electron chi connectivity index (χ4n) is 3.24. The van der Waals surface area contributed by atoms with Crippen molar-refractivity contribution in [3.63, 3.8) is 0 Å². The van der Waals surface area contributed by atoms with Crippen LogP contribution in [-0.2, 0) is 0 Å². The SMILES string of the molecule is Cc1ccc(-c2sc(=S)n3c4ccccc4c(=O)n(C(C)C)c23)cc1. The van der Waals surface area contributed by atoms with E-state index in [0.717, 1.165) is 25.6 Å². The molecule has 0 fully saturated rings. The minimum Gasteiger partial charge on any atom is -0.290 e. The minimum atomic E-state index is 0.0340. The van der Waals surface area contributed by atoms with Gasteiger partial charge in [0.25, 0.3) is 5.56 Å². The molecule has 2 heterocycles. The lowest BCUT2D eigenvalue weighted by molar-refractivity contribution is 0.595. The molecule has 4 aromatic rings. The molecular weight excluding hydrogens is 348 g/mol. The topological polar surface area (TPSA) is 26.4 Å². The number of hydrogen-bond donors (Lipinski definition) is 0. The number of thiazole rings is 1. The molecule has 0 aliphatic heterocycles. The third kappa shape index (κ3) is 2.46. The Hall–Kier alpha value is -2.24. The second kappa shape index (κ2) is 5.93. The molecule has 2 aromatic heterocycles. The number of aromatic nitrogens is 2. The number of hydrogen-bond acceptors (Lipinski definition) is 3. The van der Waals surface area contributed by atoms with Gasteiger partial charge in [0.2, 0.25) is 0 Å². The zero-order valence-electron chi connectivity index (χ0n) is 14.3. The zero-order chi connectivity index (χ0) is 17.7. The maximum absolute atomic E-state index is 13.2. The smallest absolute Gasteiger partial charge is 0.261 e. The van der Waals surface area contributed by atoms with E-state index in [0.29, 0.717) is 5.39 Å². The summed E-state index contributed by atoms with van der Waals surface area (Å²) in [7, 11) is 0. The van der Waals surface area contributed by atoms with Crippen molar-refractivity contribution in [2.24, 2.45) is 0 Å². The van der Waals surface area contributed by atoms with Crippen molar-refractivity contribution >= 4 is 40.1 Å². The maximum Gasteiger partial charge on any atom is 0.261 e. The molecule has 0 spiro atoms. The Kier molecular flexibility index (Phi) is 3.85. The van der Waals surface area contributed by atoms with Gasteiger partial charge >= 0.3 is 0 Å². The first-order valence-electron chi connectivity index (χ1n) is 8.25. The average molecular weight is 367 g/mol. The van der Waals surface area contributed by atoms with Gasteiger partial charge in [-0.1, -0.05) is 42.0 Å². The van der Waals surface area contributed by atoms with Crippen molar-refractivity contribution in [2.45, 2.75) is 26.8 Å². The van der Waals surface area contributed by atoms with Gasteiger partial charge in [-0.25, -0.2) is 0 Å². The summed E-state index contributed by atoms with van der Waals surface area (Å²) in [6, 6.07) is 16.1. The first kappa shape index (κ1) is 16.2. The molecule has 0 atom stereocenters. The lowest BCUT2D eigenvalue weighted by atomic mass is 10.1. The van der Waals surface area contributed by atoms with E-state index < -0.39 is 0 Å². The third-order valence-electron chi connectivity index (χ3n) is 4.44. The largest absolute Gasteiger partial charge is 0.290 e. The molecule has 0 aliphatic rings. The van der Waals surface area contributed by atoms with Gasteiger partial charge in [-0.3, -0.25) is 13.8 Å². The normalized spacial score (nSPS) is 11.7. The lowest BCUT2D eigenvalue weighted by Crippen LogP contribution is -2.24. The van der Waals surface area contributed by atoms with Crippen molar-refractivity contribution in [1.82, 2.24) is 8.97 Å². The van der Waals surface area contributed by atoms with Crippen molar-refractivity contribution in [1.29, 1.82) is 0 Å². The number of para-hydroxylation sites is 1. The van der Waals surface area contributed by atoms with Crippen LogP contribution in [0.4, 0.5) is 0 Å². The molecule has 0 aliphatic carbocycles. The van der Waals surface area contributed by atoms with Crippen molar-refractivity contribution < 1.29 is 0 Å². The Morgan fingerprint density at radius 1 is 1.04 bits per heavy atom. The summed E-state index contributed by atoms with van der Waals surface area (Å²) < 4.78 is 4.67. The summed E-state index contributed by atoms with van der Waals surface area (Å²) in [5.41, 5.74) is 4.10. The second-order valence-corrected chi connectivity index (χ2v) is 8.15. The van der Waals surface area contributed by atoms with Crippen LogP contribution in [0, 0.1) is 10.9 Å². The van der Waals surface area contributed by atoms with Crippen molar-refractivity contribution in [3.8, 4) is 10.4 Å². The predicted octanol–water partition coefficient (Wildman–Crippen LogP) is 5.60. The van der Waals surface area contributed by atoms with Crippen LogP contribution in [0.15, 0.2) is 53.3 Å². The zero-order valence-corrected chi connectivity index (χ0v) is 15.9. The van der Waals surface area contributed by atoms with Crippen LogP contribution in [0.2, 0.25) is 0 Å². The highest BCUT2D eigenvalue weighted by molar-refractivity contribution is 7.73. The van der Waals surface area contributed by atoms with Crippen LogP contribution in [0.1, 0.15) is 25.5 Å². The molecule has 3 nitrogen and oxygen atoms in total. The molecule has 2 aromatic carbocycles. The highest BCUT2D eigenvalue weighted by Gasteiger charge is 2.19. The number of fused-ring (bicyclic) bond motifs is 3. The van der Waals surface area contributed by atoms with Gasteiger partial charge in [-0.2, -0.15) is 0 Å². The predicted molar refractivity (Wildman–Crippen MR) is 108 cm³/mol. The summed E-state index contributed by atoms with van der Waals surface area (Å²) in [4.78, 5) is 14.2. The van der Waals surface area contributed by atoms with Gasteiger partial charge < -0.3 is 0 Å². The van der Waals surface area contributed by atoms with Crippen LogP contribution in [-0.4, -0.2) is 8.97 Å². The van der Waals surface area contributed by atoms with E-state index in [1.807, 2.05) is 47.1 Å². The molecule has 0 bridgehead atoms. The van der Waals surface area contributed by atoms with E-state index in [9.17, 15) is 4.79 Å². The van der Waals surface area contributed by atoms with E-state index >= 15 is 0 Å². The quantitative estimate of drug-likeness (QED) is 0.432. The van der Waals surface area contributed by atoms with Crippen molar-refractivity contribution in [3.05, 3.63) is 68.4 Å². The molecule has 0 amide bonds. The van der Waals surface area contributed by atoms with Gasteiger partial charge in [-0.05, 0) is 50.7 Å². The summed E-state index contributed by atoms with van der Waals surface area (Å²) in [6.45, 7) is 6.15. The standard InChI is InChI=1S/C20H18N2OS2/c1-12(2)21-18-17(14-10-8-13(3)9-11-14)25-20(24)22(18)16-7-5-4-6-15(16)19(21)23/h4-12H,1-3H3. The molecule has 4 rings (SSSR count). The van der Waals surface area contributed by atoms with E-state index in [1.54, 1.807) is 11.3 Å². The van der Waals surface area contributed by atoms with Crippen LogP contribution < -0.4 is 5.56 Å². The molecule has 126 valence electrons. The summed E-state index contributed by atoms with van der Waals surface area (Å²) in [5.74, 6) is 0. The highest BCUT2D eigenvalue weighted by atomic mass is 32.1. The first-order chi connectivity index (χ1) is 12.0. The maximum atomic E-state index is 13.2. The fourth-order valence-corrected chi connectivity index (χ4v) is 4.66. The number of benzene rings is 2. The molecule has 0 saturated carbocycles. The average Bonchev–Trinajstić information content (AvgIpc) is 2.93. The fraction of sp³-hybridized carbons (Fsp3) is 0.200. The van der Waals surface area contributed by atoms with Crippen molar-refractivity contribution in [2.75, 3.05) is 0 Å². The summed E-state index contributed by atoms with van der Waals surface area (Å²) in [5, 5.41) is 0.702. The summed E-state index contributed by atoms with van der Waals surface area (Å²) >= 11 is 7.24. The number of nitrogens with zero attached hydrogens (tertiary/aromatic N) is 2. The molecule has 0 radical (unpaired) electrons. The van der Waals surface area contributed by atoms with Crippen LogP contribution in [0.5, 0.6) is 0 Å².